The number of aromatic nitrogens is 5. The van der Waals surface area contributed by atoms with Crippen LogP contribution in [0.25, 0.3) is 22.4 Å². The summed E-state index contributed by atoms with van der Waals surface area (Å²) in [5.41, 5.74) is 7.94. The molecule has 0 radical (unpaired) electrons. The zero-order chi connectivity index (χ0) is 20.8. The Morgan fingerprint density at radius 3 is 2.63 bits per heavy atom. The lowest BCUT2D eigenvalue weighted by Crippen LogP contribution is -2.25. The van der Waals surface area contributed by atoms with Crippen molar-refractivity contribution in [2.45, 2.75) is 25.9 Å². The molecule has 0 saturated heterocycles. The van der Waals surface area contributed by atoms with Crippen LogP contribution in [0.3, 0.4) is 0 Å². The second kappa shape index (κ2) is 7.29. The first-order valence-corrected chi connectivity index (χ1v) is 10.4. The van der Waals surface area contributed by atoms with E-state index >= 15 is 0 Å². The van der Waals surface area contributed by atoms with E-state index in [4.69, 9.17) is 11.6 Å². The van der Waals surface area contributed by atoms with Crippen molar-refractivity contribution in [2.75, 3.05) is 11.9 Å². The lowest BCUT2D eigenvalue weighted by atomic mass is 9.92. The molecule has 0 N–H and O–H groups in total. The minimum absolute atomic E-state index is 0.193. The molecule has 5 rings (SSSR count). The predicted molar refractivity (Wildman–Crippen MR) is 120 cm³/mol. The highest BCUT2D eigenvalue weighted by atomic mass is 35.5. The summed E-state index contributed by atoms with van der Waals surface area (Å²) >= 11 is 6.12. The fourth-order valence-corrected chi connectivity index (χ4v) is 4.48. The second-order valence-corrected chi connectivity index (χ2v) is 8.28. The fourth-order valence-electron chi connectivity index (χ4n) is 4.35. The minimum atomic E-state index is 0.193. The summed E-state index contributed by atoms with van der Waals surface area (Å²) in [5, 5.41) is 13.8. The van der Waals surface area contributed by atoms with Crippen LogP contribution in [0.15, 0.2) is 54.9 Å². The fraction of sp³-hybridized carbons (Fsp3) is 0.261. The number of rotatable bonds is 3. The highest BCUT2D eigenvalue weighted by Crippen LogP contribution is 2.41. The van der Waals surface area contributed by atoms with Gasteiger partial charge in [-0.1, -0.05) is 28.9 Å². The van der Waals surface area contributed by atoms with Gasteiger partial charge >= 0.3 is 0 Å². The molecule has 1 aliphatic heterocycles. The number of nitrogens with zero attached hydrogens (tertiary/aromatic N) is 6. The van der Waals surface area contributed by atoms with Gasteiger partial charge in [0.05, 0.1) is 23.6 Å². The molecule has 4 aromatic rings. The van der Waals surface area contributed by atoms with Gasteiger partial charge in [0.15, 0.2) is 0 Å². The van der Waals surface area contributed by atoms with E-state index in [1.807, 2.05) is 47.9 Å². The van der Waals surface area contributed by atoms with Gasteiger partial charge in [-0.25, -0.2) is 4.68 Å². The van der Waals surface area contributed by atoms with Gasteiger partial charge in [0.1, 0.15) is 0 Å². The number of benzene rings is 2. The van der Waals surface area contributed by atoms with Gasteiger partial charge in [-0.3, -0.25) is 4.68 Å². The van der Waals surface area contributed by atoms with E-state index in [0.717, 1.165) is 46.2 Å². The van der Waals surface area contributed by atoms with E-state index in [0.29, 0.717) is 0 Å². The Kier molecular flexibility index (Phi) is 4.59. The Bertz CT molecular complexity index is 1210. The summed E-state index contributed by atoms with van der Waals surface area (Å²) in [4.78, 5) is 2.33. The first-order valence-electron chi connectivity index (χ1n) is 10.0. The molecule has 2 aromatic carbocycles. The Labute approximate surface area is 180 Å². The third-order valence-corrected chi connectivity index (χ3v) is 6.18. The summed E-state index contributed by atoms with van der Waals surface area (Å²) in [5.74, 6) is 0. The molecule has 2 aromatic heterocycles. The molecule has 0 bridgehead atoms. The Balaban J connectivity index is 1.66. The minimum Gasteiger partial charge on any atom is -0.367 e. The van der Waals surface area contributed by atoms with Crippen LogP contribution in [0.1, 0.15) is 23.7 Å². The van der Waals surface area contributed by atoms with E-state index in [9.17, 15) is 0 Å². The molecular weight excluding hydrogens is 396 g/mol. The van der Waals surface area contributed by atoms with Crippen LogP contribution in [-0.4, -0.2) is 31.8 Å². The van der Waals surface area contributed by atoms with E-state index in [1.54, 1.807) is 0 Å². The summed E-state index contributed by atoms with van der Waals surface area (Å²) in [6, 6.07) is 14.9. The topological polar surface area (TPSA) is 51.8 Å². The third-order valence-electron chi connectivity index (χ3n) is 5.92. The smallest absolute Gasteiger partial charge is 0.0918 e. The maximum Gasteiger partial charge on any atom is 0.0918 e. The highest BCUT2D eigenvalue weighted by molar-refractivity contribution is 6.30. The number of hydrogen-bond donors (Lipinski definition) is 0. The number of hydrogen-bond acceptors (Lipinski definition) is 4. The van der Waals surface area contributed by atoms with Gasteiger partial charge in [-0.15, -0.1) is 5.10 Å². The monoisotopic (exact) mass is 418 g/mol. The zero-order valence-electron chi connectivity index (χ0n) is 17.2. The summed E-state index contributed by atoms with van der Waals surface area (Å²) in [7, 11) is 4.09. The number of halogens is 1. The first kappa shape index (κ1) is 18.9. The molecule has 30 heavy (non-hydrogen) atoms. The molecule has 7 heteroatoms. The summed E-state index contributed by atoms with van der Waals surface area (Å²) < 4.78 is 3.87. The second-order valence-electron chi connectivity index (χ2n) is 7.84. The number of anilines is 1. The van der Waals surface area contributed by atoms with Crippen LogP contribution in [-0.2, 0) is 13.6 Å². The summed E-state index contributed by atoms with van der Waals surface area (Å²) in [6.45, 7) is 2.84. The Morgan fingerprint density at radius 1 is 1.10 bits per heavy atom. The zero-order valence-corrected chi connectivity index (χ0v) is 18.0. The lowest BCUT2D eigenvalue weighted by Gasteiger charge is -2.31. The van der Waals surface area contributed by atoms with Crippen molar-refractivity contribution in [3.63, 3.8) is 0 Å². The first-order chi connectivity index (χ1) is 14.5. The van der Waals surface area contributed by atoms with E-state index in [-0.39, 0.29) is 6.04 Å². The quantitative estimate of drug-likeness (QED) is 0.475. The van der Waals surface area contributed by atoms with Crippen molar-refractivity contribution in [3.05, 3.63) is 71.1 Å². The molecule has 0 spiro atoms. The normalized spacial score (nSPS) is 15.4. The average Bonchev–Trinajstić information content (AvgIpc) is 3.29. The van der Waals surface area contributed by atoms with Crippen molar-refractivity contribution in [3.8, 4) is 22.4 Å². The van der Waals surface area contributed by atoms with Crippen molar-refractivity contribution in [1.29, 1.82) is 0 Å². The van der Waals surface area contributed by atoms with Crippen molar-refractivity contribution < 1.29 is 0 Å². The molecule has 1 unspecified atom stereocenters. The largest absolute Gasteiger partial charge is 0.367 e. The van der Waals surface area contributed by atoms with Gasteiger partial charge in [0.2, 0.25) is 0 Å². The lowest BCUT2D eigenvalue weighted by molar-refractivity contribution is 0.511. The van der Waals surface area contributed by atoms with Crippen LogP contribution in [0.5, 0.6) is 0 Å². The number of fused-ring (bicyclic) bond motifs is 3. The molecule has 6 nitrogen and oxygen atoms in total. The maximum atomic E-state index is 6.12. The standard InChI is InChI=1S/C23H23ClN6/c1-15-23-20-9-4-16(17-13-25-28(2)14-17)12-21(20)22(10-11-30(23)27-26-15)29(3)19-7-5-18(24)6-8-19/h4-9,12-14,22H,10-11H2,1-3H3. The van der Waals surface area contributed by atoms with Gasteiger partial charge in [-0.05, 0) is 54.8 Å². The molecule has 0 amide bonds. The molecule has 3 heterocycles. The van der Waals surface area contributed by atoms with Crippen LogP contribution in [0, 0.1) is 6.92 Å². The summed E-state index contributed by atoms with van der Waals surface area (Å²) in [6.07, 6.45) is 4.89. The molecule has 1 aliphatic rings. The van der Waals surface area contributed by atoms with E-state index in [1.165, 1.54) is 11.1 Å². The Morgan fingerprint density at radius 2 is 1.90 bits per heavy atom. The highest BCUT2D eigenvalue weighted by Gasteiger charge is 2.28. The Hall–Kier alpha value is -3.12. The molecular formula is C23H23ClN6. The van der Waals surface area contributed by atoms with Crippen molar-refractivity contribution >= 4 is 17.3 Å². The van der Waals surface area contributed by atoms with Crippen LogP contribution < -0.4 is 4.90 Å². The molecule has 0 aliphatic carbocycles. The van der Waals surface area contributed by atoms with E-state index in [2.05, 4.69) is 57.7 Å². The third kappa shape index (κ3) is 3.17. The van der Waals surface area contributed by atoms with Crippen LogP contribution in [0.4, 0.5) is 5.69 Å². The predicted octanol–water partition coefficient (Wildman–Crippen LogP) is 4.89. The van der Waals surface area contributed by atoms with Crippen LogP contribution in [0.2, 0.25) is 5.02 Å². The van der Waals surface area contributed by atoms with Crippen LogP contribution >= 0.6 is 11.6 Å². The van der Waals surface area contributed by atoms with Gasteiger partial charge in [0.25, 0.3) is 0 Å². The molecule has 1 atom stereocenters. The van der Waals surface area contributed by atoms with Gasteiger partial charge < -0.3 is 4.90 Å². The maximum absolute atomic E-state index is 6.12. The molecule has 152 valence electrons. The van der Waals surface area contributed by atoms with Gasteiger partial charge in [0, 0.05) is 48.7 Å². The SMILES string of the molecule is Cc1nnn2c1-c1ccc(-c3cnn(C)c3)cc1C(N(C)c1ccc(Cl)cc1)CC2. The van der Waals surface area contributed by atoms with Crippen molar-refractivity contribution in [2.24, 2.45) is 7.05 Å². The average molecular weight is 419 g/mol. The van der Waals surface area contributed by atoms with Gasteiger partial charge in [-0.2, -0.15) is 5.10 Å². The molecule has 0 saturated carbocycles. The number of aryl methyl sites for hydroxylation is 3. The van der Waals surface area contributed by atoms with Crippen molar-refractivity contribution in [1.82, 2.24) is 24.8 Å². The molecule has 0 fully saturated rings. The van der Waals surface area contributed by atoms with E-state index < -0.39 is 0 Å².